The minimum atomic E-state index is -1.04. The van der Waals surface area contributed by atoms with E-state index in [4.69, 9.17) is 10.8 Å². The monoisotopic (exact) mass is 411 g/mol. The second-order valence-corrected chi connectivity index (χ2v) is 8.76. The number of nitrogens with two attached hydrogens (primary N) is 1. The van der Waals surface area contributed by atoms with Gasteiger partial charge in [0.05, 0.1) is 0 Å². The van der Waals surface area contributed by atoms with E-state index in [0.717, 1.165) is 36.8 Å². The summed E-state index contributed by atoms with van der Waals surface area (Å²) in [6.45, 7) is 0. The van der Waals surface area contributed by atoms with Crippen molar-refractivity contribution < 1.29 is 14.7 Å². The fourth-order valence-electron chi connectivity index (χ4n) is 5.58. The molecule has 0 bridgehead atoms. The Hall–Kier alpha value is -3.24. The Morgan fingerprint density at radius 1 is 0.935 bits per heavy atom. The van der Waals surface area contributed by atoms with Crippen molar-refractivity contribution in [1.29, 1.82) is 0 Å². The third-order valence-electron chi connectivity index (χ3n) is 7.01. The molecule has 0 radical (unpaired) electrons. The van der Waals surface area contributed by atoms with Crippen LogP contribution < -0.4 is 5.73 Å². The van der Waals surface area contributed by atoms with Crippen molar-refractivity contribution in [2.45, 2.75) is 43.6 Å². The van der Waals surface area contributed by atoms with Crippen LogP contribution in [0.4, 0.5) is 0 Å². The van der Waals surface area contributed by atoms with Crippen LogP contribution in [0.25, 0.3) is 0 Å². The maximum absolute atomic E-state index is 13.7. The summed E-state index contributed by atoms with van der Waals surface area (Å²) in [4.78, 5) is 24.8. The Morgan fingerprint density at radius 2 is 1.65 bits per heavy atom. The molecule has 4 heteroatoms. The second kappa shape index (κ2) is 7.47. The number of rotatable bonds is 5. The lowest BCUT2D eigenvalue weighted by molar-refractivity contribution is -0.138. The summed E-state index contributed by atoms with van der Waals surface area (Å²) in [7, 11) is 0. The highest BCUT2D eigenvalue weighted by Crippen LogP contribution is 2.53. The van der Waals surface area contributed by atoms with Crippen LogP contribution >= 0.6 is 0 Å². The summed E-state index contributed by atoms with van der Waals surface area (Å²) in [5.41, 5.74) is 12.9. The van der Waals surface area contributed by atoms with Gasteiger partial charge >= 0.3 is 5.97 Å². The Morgan fingerprint density at radius 3 is 2.45 bits per heavy atom. The molecule has 4 nitrogen and oxygen atoms in total. The summed E-state index contributed by atoms with van der Waals surface area (Å²) in [5, 5.41) is 9.11. The van der Waals surface area contributed by atoms with Gasteiger partial charge in [0.15, 0.2) is 5.78 Å². The van der Waals surface area contributed by atoms with Gasteiger partial charge in [-0.25, -0.2) is 0 Å². The van der Waals surface area contributed by atoms with Gasteiger partial charge in [-0.05, 0) is 66.0 Å². The summed E-state index contributed by atoms with van der Waals surface area (Å²) in [5.74, 6) is -1.05. The van der Waals surface area contributed by atoms with Gasteiger partial charge < -0.3 is 10.8 Å². The van der Waals surface area contributed by atoms with E-state index in [1.165, 1.54) is 22.3 Å². The molecule has 0 saturated heterocycles. The number of carbonyl (C=O) groups is 2. The standard InChI is InChI=1S/C27H25NO3/c28-23(26(30)31)16-17-5-3-8-20(15-17)25(29)21-9-4-7-19-12-14-27(24(19)21)13-11-18-6-1-2-10-22(18)27/h1-10,15,23H,11-14,16,28H2,(H,30,31)/t23-,27+/m0/s1. The first-order valence-electron chi connectivity index (χ1n) is 10.8. The van der Waals surface area contributed by atoms with Gasteiger partial charge in [0.25, 0.3) is 0 Å². The molecular weight excluding hydrogens is 386 g/mol. The number of carbonyl (C=O) groups excluding carboxylic acids is 1. The topological polar surface area (TPSA) is 80.4 Å². The molecular formula is C27H25NO3. The van der Waals surface area contributed by atoms with E-state index in [9.17, 15) is 9.59 Å². The van der Waals surface area contributed by atoms with Crippen LogP contribution in [-0.4, -0.2) is 22.9 Å². The number of hydrogen-bond acceptors (Lipinski definition) is 3. The number of aryl methyl sites for hydroxylation is 2. The fraction of sp³-hybridized carbons (Fsp3) is 0.259. The van der Waals surface area contributed by atoms with Gasteiger partial charge in [0, 0.05) is 16.5 Å². The Kier molecular flexibility index (Phi) is 4.75. The van der Waals surface area contributed by atoms with Gasteiger partial charge in [-0.1, -0.05) is 60.7 Å². The van der Waals surface area contributed by atoms with Gasteiger partial charge in [0.1, 0.15) is 6.04 Å². The first kappa shape index (κ1) is 19.7. The first-order valence-corrected chi connectivity index (χ1v) is 10.8. The average Bonchev–Trinajstić information content (AvgIpc) is 3.36. The highest BCUT2D eigenvalue weighted by Gasteiger charge is 2.46. The predicted molar refractivity (Wildman–Crippen MR) is 119 cm³/mol. The molecule has 0 amide bonds. The zero-order valence-electron chi connectivity index (χ0n) is 17.3. The predicted octanol–water partition coefficient (Wildman–Crippen LogP) is 4.05. The summed E-state index contributed by atoms with van der Waals surface area (Å²) < 4.78 is 0. The van der Waals surface area contributed by atoms with E-state index in [1.54, 1.807) is 12.1 Å². The summed E-state index contributed by atoms with van der Waals surface area (Å²) >= 11 is 0. The molecule has 3 aromatic rings. The fourth-order valence-corrected chi connectivity index (χ4v) is 5.58. The largest absolute Gasteiger partial charge is 0.480 e. The van der Waals surface area contributed by atoms with Crippen molar-refractivity contribution in [2.75, 3.05) is 0 Å². The lowest BCUT2D eigenvalue weighted by atomic mass is 9.74. The zero-order chi connectivity index (χ0) is 21.6. The maximum atomic E-state index is 13.7. The average molecular weight is 412 g/mol. The smallest absolute Gasteiger partial charge is 0.320 e. The highest BCUT2D eigenvalue weighted by molar-refractivity contribution is 6.10. The summed E-state index contributed by atoms with van der Waals surface area (Å²) in [6, 6.07) is 21.0. The molecule has 5 rings (SSSR count). The van der Waals surface area contributed by atoms with Gasteiger partial charge in [-0.3, -0.25) is 9.59 Å². The lowest BCUT2D eigenvalue weighted by Crippen LogP contribution is -2.32. The lowest BCUT2D eigenvalue weighted by Gasteiger charge is -2.28. The molecule has 0 aliphatic heterocycles. The van der Waals surface area contributed by atoms with Crippen LogP contribution in [0.5, 0.6) is 0 Å². The van der Waals surface area contributed by atoms with Gasteiger partial charge in [0.2, 0.25) is 0 Å². The Labute approximate surface area is 181 Å². The van der Waals surface area contributed by atoms with Crippen molar-refractivity contribution in [3.8, 4) is 0 Å². The second-order valence-electron chi connectivity index (χ2n) is 8.76. The van der Waals surface area contributed by atoms with Crippen molar-refractivity contribution in [1.82, 2.24) is 0 Å². The van der Waals surface area contributed by atoms with E-state index < -0.39 is 12.0 Å². The third-order valence-corrected chi connectivity index (χ3v) is 7.01. The number of carboxylic acid groups (broad SMARTS) is 1. The summed E-state index contributed by atoms with van der Waals surface area (Å²) in [6.07, 6.45) is 4.30. The molecule has 2 aliphatic rings. The van der Waals surface area contributed by atoms with Gasteiger partial charge in [-0.2, -0.15) is 0 Å². The molecule has 2 atom stereocenters. The number of benzene rings is 3. The molecule has 3 aromatic carbocycles. The minimum Gasteiger partial charge on any atom is -0.480 e. The number of aliphatic carboxylic acids is 1. The van der Waals surface area contributed by atoms with Crippen LogP contribution in [0.15, 0.2) is 66.7 Å². The molecule has 0 saturated carbocycles. The van der Waals surface area contributed by atoms with Crippen molar-refractivity contribution in [2.24, 2.45) is 5.73 Å². The van der Waals surface area contributed by atoms with Crippen LogP contribution in [-0.2, 0) is 29.5 Å². The van der Waals surface area contributed by atoms with Crippen molar-refractivity contribution in [3.05, 3.63) is 106 Å². The molecule has 2 aliphatic carbocycles. The molecule has 0 heterocycles. The Bertz CT molecular complexity index is 1190. The van der Waals surface area contributed by atoms with Crippen LogP contribution in [0.1, 0.15) is 56.6 Å². The SMILES string of the molecule is N[C@@H](Cc1cccc(C(=O)c2cccc3c2[C@]2(CCc4ccccc42)CC3)c1)C(=O)O. The number of fused-ring (bicyclic) bond motifs is 4. The normalized spacial score (nSPS) is 19.8. The molecule has 0 unspecified atom stereocenters. The molecule has 31 heavy (non-hydrogen) atoms. The number of hydrogen-bond donors (Lipinski definition) is 2. The van der Waals surface area contributed by atoms with E-state index >= 15 is 0 Å². The highest BCUT2D eigenvalue weighted by atomic mass is 16.4. The molecule has 3 N–H and O–H groups in total. The van der Waals surface area contributed by atoms with Crippen LogP contribution in [0, 0.1) is 0 Å². The number of carboxylic acids is 1. The molecule has 1 spiro atoms. The molecule has 156 valence electrons. The van der Waals surface area contributed by atoms with E-state index in [2.05, 4.69) is 30.3 Å². The third kappa shape index (κ3) is 3.19. The Balaban J connectivity index is 1.57. The number of ketones is 1. The zero-order valence-corrected chi connectivity index (χ0v) is 17.3. The van der Waals surface area contributed by atoms with E-state index in [0.29, 0.717) is 5.56 Å². The van der Waals surface area contributed by atoms with E-state index in [1.807, 2.05) is 24.3 Å². The van der Waals surface area contributed by atoms with Crippen LogP contribution in [0.3, 0.4) is 0 Å². The maximum Gasteiger partial charge on any atom is 0.320 e. The minimum absolute atomic E-state index is 0.00625. The van der Waals surface area contributed by atoms with Gasteiger partial charge in [-0.15, -0.1) is 0 Å². The van der Waals surface area contributed by atoms with Crippen molar-refractivity contribution >= 4 is 11.8 Å². The quantitative estimate of drug-likeness (QED) is 0.621. The van der Waals surface area contributed by atoms with E-state index in [-0.39, 0.29) is 17.6 Å². The van der Waals surface area contributed by atoms with Crippen LogP contribution in [0.2, 0.25) is 0 Å². The molecule has 0 aromatic heterocycles. The van der Waals surface area contributed by atoms with Crippen molar-refractivity contribution in [3.63, 3.8) is 0 Å². The molecule has 0 fully saturated rings. The first-order chi connectivity index (χ1) is 15.0.